The van der Waals surface area contributed by atoms with Gasteiger partial charge in [-0.05, 0) is 51.8 Å². The maximum absolute atomic E-state index is 13.1. The van der Waals surface area contributed by atoms with Gasteiger partial charge in [-0.2, -0.15) is 5.26 Å². The van der Waals surface area contributed by atoms with Crippen molar-refractivity contribution >= 4 is 33.2 Å². The third-order valence-corrected chi connectivity index (χ3v) is 3.76. The molecule has 96 valence electrons. The van der Waals surface area contributed by atoms with Gasteiger partial charge in [-0.1, -0.05) is 23.7 Å². The highest BCUT2D eigenvalue weighted by molar-refractivity contribution is 9.10. The van der Waals surface area contributed by atoms with Crippen LogP contribution >= 0.6 is 27.5 Å². The first kappa shape index (κ1) is 13.9. The maximum Gasteiger partial charge on any atom is 0.140 e. The fourth-order valence-electron chi connectivity index (χ4n) is 1.63. The Labute approximate surface area is 123 Å². The molecule has 0 aliphatic rings. The van der Waals surface area contributed by atoms with Crippen LogP contribution in [0.25, 0.3) is 0 Å². The van der Waals surface area contributed by atoms with Gasteiger partial charge in [0.2, 0.25) is 0 Å². The van der Waals surface area contributed by atoms with Crippen molar-refractivity contribution < 1.29 is 4.39 Å². The molecule has 0 aromatic heterocycles. The van der Waals surface area contributed by atoms with Gasteiger partial charge in [0.15, 0.2) is 0 Å². The standard InChI is InChI=1S/C14H9BrClFN2/c15-12-6-9(4-5-13(12)16)14(8-18)19-11-3-1-2-10(17)7-11/h1-7,14,19H. The Morgan fingerprint density at radius 2 is 2.05 bits per heavy atom. The molecule has 0 amide bonds. The second-order valence-corrected chi connectivity index (χ2v) is 5.15. The van der Waals surface area contributed by atoms with Crippen LogP contribution in [0.4, 0.5) is 10.1 Å². The Morgan fingerprint density at radius 3 is 2.68 bits per heavy atom. The van der Waals surface area contributed by atoms with E-state index in [2.05, 4.69) is 27.3 Å². The fourth-order valence-corrected chi connectivity index (χ4v) is 2.14. The maximum atomic E-state index is 13.1. The first-order chi connectivity index (χ1) is 9.10. The average molecular weight is 340 g/mol. The zero-order chi connectivity index (χ0) is 13.8. The lowest BCUT2D eigenvalue weighted by Gasteiger charge is -2.14. The normalized spacial score (nSPS) is 11.7. The summed E-state index contributed by atoms with van der Waals surface area (Å²) in [7, 11) is 0. The monoisotopic (exact) mass is 338 g/mol. The van der Waals surface area contributed by atoms with Crippen LogP contribution in [-0.2, 0) is 0 Å². The smallest absolute Gasteiger partial charge is 0.140 e. The number of rotatable bonds is 3. The van der Waals surface area contributed by atoms with Gasteiger partial charge in [0.1, 0.15) is 11.9 Å². The molecular weight excluding hydrogens is 331 g/mol. The van der Waals surface area contributed by atoms with E-state index in [1.807, 2.05) is 0 Å². The van der Waals surface area contributed by atoms with Crippen LogP contribution in [0, 0.1) is 17.1 Å². The van der Waals surface area contributed by atoms with E-state index >= 15 is 0 Å². The van der Waals surface area contributed by atoms with E-state index in [0.717, 1.165) is 5.56 Å². The highest BCUT2D eigenvalue weighted by atomic mass is 79.9. The second-order valence-electron chi connectivity index (χ2n) is 3.89. The number of nitrogens with zero attached hydrogens (tertiary/aromatic N) is 1. The topological polar surface area (TPSA) is 35.8 Å². The summed E-state index contributed by atoms with van der Waals surface area (Å²) in [6, 6.07) is 12.8. The van der Waals surface area contributed by atoms with Crippen molar-refractivity contribution in [3.63, 3.8) is 0 Å². The van der Waals surface area contributed by atoms with Gasteiger partial charge in [0, 0.05) is 10.2 Å². The molecule has 19 heavy (non-hydrogen) atoms. The summed E-state index contributed by atoms with van der Waals surface area (Å²) in [5.74, 6) is -0.348. The number of nitrogens with one attached hydrogen (secondary N) is 1. The summed E-state index contributed by atoms with van der Waals surface area (Å²) in [5.41, 5.74) is 1.31. The Bertz CT molecular complexity index is 640. The number of hydrogen-bond acceptors (Lipinski definition) is 2. The third-order valence-electron chi connectivity index (χ3n) is 2.54. The summed E-state index contributed by atoms with van der Waals surface area (Å²) >= 11 is 9.22. The quantitative estimate of drug-likeness (QED) is 0.861. The Morgan fingerprint density at radius 1 is 1.26 bits per heavy atom. The molecule has 2 aromatic carbocycles. The predicted octanol–water partition coefficient (Wildman–Crippen LogP) is 4.92. The third kappa shape index (κ3) is 3.46. The van der Waals surface area contributed by atoms with Crippen molar-refractivity contribution in [2.24, 2.45) is 0 Å². The molecule has 0 saturated carbocycles. The highest BCUT2D eigenvalue weighted by Crippen LogP contribution is 2.27. The largest absolute Gasteiger partial charge is 0.366 e. The molecule has 0 saturated heterocycles. The number of benzene rings is 2. The molecule has 0 fully saturated rings. The van der Waals surface area contributed by atoms with Gasteiger partial charge in [-0.15, -0.1) is 0 Å². The van der Waals surface area contributed by atoms with Crippen molar-refractivity contribution in [1.82, 2.24) is 0 Å². The number of nitriles is 1. The molecule has 2 rings (SSSR count). The minimum atomic E-state index is -0.574. The van der Waals surface area contributed by atoms with Gasteiger partial charge >= 0.3 is 0 Å². The first-order valence-corrected chi connectivity index (χ1v) is 6.64. The van der Waals surface area contributed by atoms with E-state index in [4.69, 9.17) is 11.6 Å². The minimum Gasteiger partial charge on any atom is -0.366 e. The number of hydrogen-bond donors (Lipinski definition) is 1. The summed E-state index contributed by atoms with van der Waals surface area (Å²) in [6.07, 6.45) is 0. The molecule has 0 spiro atoms. The Balaban J connectivity index is 2.25. The van der Waals surface area contributed by atoms with Crippen LogP contribution in [0.15, 0.2) is 46.9 Å². The van der Waals surface area contributed by atoms with Crippen LogP contribution < -0.4 is 5.32 Å². The van der Waals surface area contributed by atoms with Crippen LogP contribution in [0.5, 0.6) is 0 Å². The minimum absolute atomic E-state index is 0.348. The molecule has 5 heteroatoms. The van der Waals surface area contributed by atoms with Gasteiger partial charge in [0.25, 0.3) is 0 Å². The van der Waals surface area contributed by atoms with Crippen molar-refractivity contribution in [3.05, 3.63) is 63.3 Å². The predicted molar refractivity (Wildman–Crippen MR) is 77.5 cm³/mol. The Kier molecular flexibility index (Phi) is 4.41. The van der Waals surface area contributed by atoms with E-state index in [1.165, 1.54) is 12.1 Å². The molecule has 2 aromatic rings. The lowest BCUT2D eigenvalue weighted by molar-refractivity contribution is 0.628. The number of halogens is 3. The fraction of sp³-hybridized carbons (Fsp3) is 0.0714. The molecule has 0 heterocycles. The zero-order valence-corrected chi connectivity index (χ0v) is 12.0. The Hall–Kier alpha value is -1.57. The molecule has 1 atom stereocenters. The van der Waals surface area contributed by atoms with E-state index in [-0.39, 0.29) is 5.82 Å². The van der Waals surface area contributed by atoms with Crippen molar-refractivity contribution in [2.75, 3.05) is 5.32 Å². The summed E-state index contributed by atoms with van der Waals surface area (Å²) < 4.78 is 13.8. The summed E-state index contributed by atoms with van der Waals surface area (Å²) in [4.78, 5) is 0. The van der Waals surface area contributed by atoms with Crippen molar-refractivity contribution in [3.8, 4) is 6.07 Å². The van der Waals surface area contributed by atoms with Crippen LogP contribution in [0.1, 0.15) is 11.6 Å². The average Bonchev–Trinajstić information content (AvgIpc) is 2.39. The van der Waals surface area contributed by atoms with E-state index < -0.39 is 6.04 Å². The lowest BCUT2D eigenvalue weighted by atomic mass is 10.1. The van der Waals surface area contributed by atoms with Gasteiger partial charge in [-0.25, -0.2) is 4.39 Å². The zero-order valence-electron chi connectivity index (χ0n) is 9.70. The molecule has 1 unspecified atom stereocenters. The van der Waals surface area contributed by atoms with Gasteiger partial charge in [0.05, 0.1) is 11.1 Å². The lowest BCUT2D eigenvalue weighted by Crippen LogP contribution is -2.08. The summed E-state index contributed by atoms with van der Waals surface area (Å²) in [6.45, 7) is 0. The van der Waals surface area contributed by atoms with Crippen LogP contribution in [0.2, 0.25) is 5.02 Å². The molecular formula is C14H9BrClFN2. The van der Waals surface area contributed by atoms with Gasteiger partial charge in [-0.3, -0.25) is 0 Å². The molecule has 0 aliphatic carbocycles. The molecule has 0 radical (unpaired) electrons. The van der Waals surface area contributed by atoms with E-state index in [0.29, 0.717) is 15.2 Å². The number of anilines is 1. The van der Waals surface area contributed by atoms with Crippen LogP contribution in [0.3, 0.4) is 0 Å². The molecule has 2 nitrogen and oxygen atoms in total. The van der Waals surface area contributed by atoms with Crippen LogP contribution in [-0.4, -0.2) is 0 Å². The molecule has 0 aliphatic heterocycles. The van der Waals surface area contributed by atoms with E-state index in [1.54, 1.807) is 30.3 Å². The SMILES string of the molecule is N#CC(Nc1cccc(F)c1)c1ccc(Cl)c(Br)c1. The molecule has 0 bridgehead atoms. The molecule has 1 N–H and O–H groups in total. The first-order valence-electron chi connectivity index (χ1n) is 5.47. The van der Waals surface area contributed by atoms with Gasteiger partial charge < -0.3 is 5.32 Å². The van der Waals surface area contributed by atoms with Crippen molar-refractivity contribution in [1.29, 1.82) is 5.26 Å². The summed E-state index contributed by atoms with van der Waals surface area (Å²) in [5, 5.41) is 12.8. The second kappa shape index (κ2) is 6.05. The van der Waals surface area contributed by atoms with E-state index in [9.17, 15) is 9.65 Å². The van der Waals surface area contributed by atoms with Crippen molar-refractivity contribution in [2.45, 2.75) is 6.04 Å². The highest BCUT2D eigenvalue weighted by Gasteiger charge is 2.12.